The van der Waals surface area contributed by atoms with E-state index in [1.165, 1.54) is 11.3 Å². The topological polar surface area (TPSA) is 66.4 Å². The zero-order valence-electron chi connectivity index (χ0n) is 9.90. The lowest BCUT2D eigenvalue weighted by molar-refractivity contribution is 0.228. The third-order valence-electron chi connectivity index (χ3n) is 2.41. The second-order valence-electron chi connectivity index (χ2n) is 4.18. The van der Waals surface area contributed by atoms with Crippen LogP contribution < -0.4 is 4.72 Å². The van der Waals surface area contributed by atoms with Gasteiger partial charge in [0, 0.05) is 6.04 Å². The van der Waals surface area contributed by atoms with Gasteiger partial charge in [-0.3, -0.25) is 0 Å². The SMILES string of the molecule is Cc1cc(S(=O)(=O)NC(CO)C(C)C)sc1Br. The van der Waals surface area contributed by atoms with Crippen LogP contribution in [0.25, 0.3) is 0 Å². The molecule has 98 valence electrons. The minimum Gasteiger partial charge on any atom is -0.395 e. The van der Waals surface area contributed by atoms with Gasteiger partial charge in [0.05, 0.1) is 10.4 Å². The summed E-state index contributed by atoms with van der Waals surface area (Å²) in [7, 11) is -3.54. The van der Waals surface area contributed by atoms with Crippen LogP contribution in [0.4, 0.5) is 0 Å². The molecule has 1 heterocycles. The molecule has 0 aromatic carbocycles. The Bertz CT molecular complexity index is 462. The Morgan fingerprint density at radius 2 is 2.12 bits per heavy atom. The average Bonchev–Trinajstić information content (AvgIpc) is 2.56. The van der Waals surface area contributed by atoms with Gasteiger partial charge in [-0.25, -0.2) is 13.1 Å². The van der Waals surface area contributed by atoms with Crippen molar-refractivity contribution in [3.05, 3.63) is 15.4 Å². The van der Waals surface area contributed by atoms with E-state index in [4.69, 9.17) is 5.11 Å². The number of sulfonamides is 1. The molecule has 0 saturated heterocycles. The van der Waals surface area contributed by atoms with Crippen molar-refractivity contribution >= 4 is 37.3 Å². The van der Waals surface area contributed by atoms with Crippen molar-refractivity contribution in [2.24, 2.45) is 5.92 Å². The van der Waals surface area contributed by atoms with Gasteiger partial charge in [0.25, 0.3) is 0 Å². The average molecular weight is 342 g/mol. The first kappa shape index (κ1) is 15.1. The first-order chi connectivity index (χ1) is 7.77. The Hall–Kier alpha value is 0.0500. The lowest BCUT2D eigenvalue weighted by Crippen LogP contribution is -2.40. The second kappa shape index (κ2) is 5.79. The molecule has 1 aromatic heterocycles. The number of aryl methyl sites for hydroxylation is 1. The summed E-state index contributed by atoms with van der Waals surface area (Å²) in [6, 6.07) is 1.16. The van der Waals surface area contributed by atoms with Gasteiger partial charge in [0.15, 0.2) is 0 Å². The van der Waals surface area contributed by atoms with E-state index in [0.717, 1.165) is 9.35 Å². The monoisotopic (exact) mass is 341 g/mol. The van der Waals surface area contributed by atoms with Gasteiger partial charge < -0.3 is 5.11 Å². The number of halogens is 1. The Morgan fingerprint density at radius 3 is 2.47 bits per heavy atom. The smallest absolute Gasteiger partial charge is 0.250 e. The third-order valence-corrected chi connectivity index (χ3v) is 6.51. The summed E-state index contributed by atoms with van der Waals surface area (Å²) in [6.07, 6.45) is 0. The molecule has 0 aliphatic carbocycles. The molecule has 4 nitrogen and oxygen atoms in total. The normalized spacial score (nSPS) is 14.2. The van der Waals surface area contributed by atoms with Crippen LogP contribution in [0.3, 0.4) is 0 Å². The van der Waals surface area contributed by atoms with Crippen molar-refractivity contribution in [2.45, 2.75) is 31.0 Å². The van der Waals surface area contributed by atoms with E-state index in [0.29, 0.717) is 0 Å². The summed E-state index contributed by atoms with van der Waals surface area (Å²) in [4.78, 5) is 0. The molecule has 7 heteroatoms. The van der Waals surface area contributed by atoms with Gasteiger partial charge in [0.1, 0.15) is 4.21 Å². The molecule has 0 fully saturated rings. The molecular weight excluding hydrogens is 326 g/mol. The molecule has 1 rings (SSSR count). The molecule has 1 aromatic rings. The molecule has 2 N–H and O–H groups in total. The highest BCUT2D eigenvalue weighted by molar-refractivity contribution is 9.11. The predicted octanol–water partition coefficient (Wildman–Crippen LogP) is 2.11. The fraction of sp³-hybridized carbons (Fsp3) is 0.600. The lowest BCUT2D eigenvalue weighted by Gasteiger charge is -2.19. The molecule has 17 heavy (non-hydrogen) atoms. The highest BCUT2D eigenvalue weighted by Gasteiger charge is 2.23. The van der Waals surface area contributed by atoms with Gasteiger partial charge in [-0.2, -0.15) is 0 Å². The molecule has 1 unspecified atom stereocenters. The van der Waals surface area contributed by atoms with Crippen LogP contribution in [0.2, 0.25) is 0 Å². The van der Waals surface area contributed by atoms with Crippen LogP contribution in [-0.2, 0) is 10.0 Å². The zero-order valence-corrected chi connectivity index (χ0v) is 13.1. The standard InChI is InChI=1S/C10H16BrNO3S2/c1-6(2)8(5-13)12-17(14,15)9-4-7(3)10(11)16-9/h4,6,8,12-13H,5H2,1-3H3. The van der Waals surface area contributed by atoms with E-state index in [2.05, 4.69) is 20.7 Å². The first-order valence-corrected chi connectivity index (χ1v) is 8.26. The first-order valence-electron chi connectivity index (χ1n) is 5.17. The quantitative estimate of drug-likeness (QED) is 0.861. The summed E-state index contributed by atoms with van der Waals surface area (Å²) >= 11 is 4.47. The van der Waals surface area contributed by atoms with Gasteiger partial charge in [0.2, 0.25) is 10.0 Å². The lowest BCUT2D eigenvalue weighted by atomic mass is 10.1. The molecule has 1 atom stereocenters. The maximum Gasteiger partial charge on any atom is 0.250 e. The van der Waals surface area contributed by atoms with Gasteiger partial charge in [-0.15, -0.1) is 11.3 Å². The van der Waals surface area contributed by atoms with E-state index < -0.39 is 16.1 Å². The minimum absolute atomic E-state index is 0.0410. The third kappa shape index (κ3) is 3.75. The van der Waals surface area contributed by atoms with Gasteiger partial charge >= 0.3 is 0 Å². The van der Waals surface area contributed by atoms with Crippen LogP contribution >= 0.6 is 27.3 Å². The minimum atomic E-state index is -3.54. The number of thiophene rings is 1. The Morgan fingerprint density at radius 1 is 1.53 bits per heavy atom. The van der Waals surface area contributed by atoms with E-state index in [1.807, 2.05) is 20.8 Å². The summed E-state index contributed by atoms with van der Waals surface area (Å²) in [6.45, 7) is 5.35. The largest absolute Gasteiger partial charge is 0.395 e. The summed E-state index contributed by atoms with van der Waals surface area (Å²) in [5.74, 6) is 0.0410. The fourth-order valence-electron chi connectivity index (χ4n) is 1.21. The molecule has 0 radical (unpaired) electrons. The number of nitrogens with one attached hydrogen (secondary N) is 1. The Labute approximate surface area is 114 Å². The maximum absolute atomic E-state index is 12.0. The number of hydrogen-bond donors (Lipinski definition) is 2. The highest BCUT2D eigenvalue weighted by atomic mass is 79.9. The summed E-state index contributed by atoms with van der Waals surface area (Å²) < 4.78 is 27.7. The van der Waals surface area contributed by atoms with Crippen LogP contribution in [0.15, 0.2) is 14.1 Å². The second-order valence-corrected chi connectivity index (χ2v) is 8.49. The number of hydrogen-bond acceptors (Lipinski definition) is 4. The molecule has 0 aliphatic heterocycles. The Kier molecular flexibility index (Phi) is 5.15. The van der Waals surface area contributed by atoms with Crippen molar-refractivity contribution in [1.82, 2.24) is 4.72 Å². The van der Waals surface area contributed by atoms with Crippen LogP contribution in [0.5, 0.6) is 0 Å². The van der Waals surface area contributed by atoms with Crippen molar-refractivity contribution in [1.29, 1.82) is 0 Å². The zero-order chi connectivity index (χ0) is 13.2. The van der Waals surface area contributed by atoms with Crippen molar-refractivity contribution in [2.75, 3.05) is 6.61 Å². The summed E-state index contributed by atoms with van der Waals surface area (Å²) in [5, 5.41) is 9.13. The van der Waals surface area contributed by atoms with Crippen molar-refractivity contribution in [3.8, 4) is 0 Å². The van der Waals surface area contributed by atoms with E-state index in [1.54, 1.807) is 6.07 Å². The fourth-order valence-corrected chi connectivity index (χ4v) is 4.82. The Balaban J connectivity index is 2.96. The van der Waals surface area contributed by atoms with Crippen LogP contribution in [0, 0.1) is 12.8 Å². The molecule has 0 bridgehead atoms. The number of aliphatic hydroxyl groups excluding tert-OH is 1. The highest BCUT2D eigenvalue weighted by Crippen LogP contribution is 2.30. The maximum atomic E-state index is 12.0. The molecule has 0 saturated carbocycles. The van der Waals surface area contributed by atoms with Crippen LogP contribution in [-0.4, -0.2) is 26.2 Å². The predicted molar refractivity (Wildman–Crippen MR) is 72.8 cm³/mol. The van der Waals surface area contributed by atoms with Gasteiger partial charge in [-0.05, 0) is 40.4 Å². The summed E-state index contributed by atoms with van der Waals surface area (Å²) in [5.41, 5.74) is 0.889. The van der Waals surface area contributed by atoms with Crippen LogP contribution in [0.1, 0.15) is 19.4 Å². The van der Waals surface area contributed by atoms with Gasteiger partial charge in [-0.1, -0.05) is 13.8 Å². The molecule has 0 amide bonds. The van der Waals surface area contributed by atoms with E-state index in [9.17, 15) is 8.42 Å². The number of aliphatic hydroxyl groups is 1. The molecule has 0 spiro atoms. The van der Waals surface area contributed by atoms with Crippen molar-refractivity contribution in [3.63, 3.8) is 0 Å². The van der Waals surface area contributed by atoms with Crippen molar-refractivity contribution < 1.29 is 13.5 Å². The molecule has 0 aliphatic rings. The molecular formula is C10H16BrNO3S2. The van der Waals surface area contributed by atoms with E-state index >= 15 is 0 Å². The van der Waals surface area contributed by atoms with E-state index in [-0.39, 0.29) is 16.7 Å². The number of rotatable bonds is 5.